The molecule has 0 fully saturated rings. The van der Waals surface area contributed by atoms with E-state index in [4.69, 9.17) is 13.6 Å². The molecule has 0 bridgehead atoms. The molecule has 3 nitrogen and oxygen atoms in total. The zero-order valence-electron chi connectivity index (χ0n) is 22.9. The van der Waals surface area contributed by atoms with Crippen molar-refractivity contribution in [1.29, 1.82) is 0 Å². The Balaban J connectivity index is 1.34. The molecule has 0 N–H and O–H groups in total. The molecule has 0 aromatic heterocycles. The molecule has 0 atom stereocenters. The Morgan fingerprint density at radius 3 is 1.82 bits per heavy atom. The summed E-state index contributed by atoms with van der Waals surface area (Å²) in [4.78, 5) is 0. The van der Waals surface area contributed by atoms with Crippen LogP contribution in [0.3, 0.4) is 0 Å². The van der Waals surface area contributed by atoms with Gasteiger partial charge in [0.25, 0.3) is 0 Å². The maximum atomic E-state index is 6.71. The Kier molecular flexibility index (Phi) is 5.48. The number of para-hydroxylation sites is 1. The van der Waals surface area contributed by atoms with Crippen molar-refractivity contribution in [2.75, 3.05) is 0 Å². The molecule has 1 spiro atoms. The van der Waals surface area contributed by atoms with Crippen molar-refractivity contribution >= 4 is 20.8 Å². The number of hydrogen-bond acceptors (Lipinski definition) is 3. The maximum Gasteiger partial charge on any atom is 0.530 e. The highest BCUT2D eigenvalue weighted by Gasteiger charge is 2.59. The third kappa shape index (κ3) is 3.90. The highest BCUT2D eigenvalue weighted by atomic mass is 31.2. The Morgan fingerprint density at radius 1 is 0.641 bits per heavy atom. The minimum Gasteiger partial charge on any atom is -0.408 e. The molecule has 4 aromatic carbocycles. The van der Waals surface area contributed by atoms with Gasteiger partial charge in [-0.05, 0) is 58.6 Å². The lowest BCUT2D eigenvalue weighted by atomic mass is 9.72. The van der Waals surface area contributed by atoms with Crippen LogP contribution in [-0.4, -0.2) is 0 Å². The average Bonchev–Trinajstić information content (AvgIpc) is 3.28. The smallest absolute Gasteiger partial charge is 0.408 e. The lowest BCUT2D eigenvalue weighted by Gasteiger charge is -2.34. The molecule has 3 aliphatic rings. The van der Waals surface area contributed by atoms with Gasteiger partial charge in [0.2, 0.25) is 0 Å². The third-order valence-electron chi connectivity index (χ3n) is 8.65. The van der Waals surface area contributed by atoms with Gasteiger partial charge in [-0.25, -0.2) is 0 Å². The fourth-order valence-electron chi connectivity index (χ4n) is 7.32. The van der Waals surface area contributed by atoms with E-state index < -0.39 is 8.60 Å². The van der Waals surface area contributed by atoms with Crippen molar-refractivity contribution in [1.82, 2.24) is 0 Å². The summed E-state index contributed by atoms with van der Waals surface area (Å²) in [6.07, 6.45) is 6.26. The predicted molar refractivity (Wildman–Crippen MR) is 160 cm³/mol. The van der Waals surface area contributed by atoms with Crippen molar-refractivity contribution in [2.24, 2.45) is 0 Å². The van der Waals surface area contributed by atoms with E-state index in [1.54, 1.807) is 0 Å². The number of hydrogen-bond donors (Lipinski definition) is 0. The summed E-state index contributed by atoms with van der Waals surface area (Å²) in [6, 6.07) is 31.4. The molecule has 196 valence electrons. The van der Waals surface area contributed by atoms with Gasteiger partial charge >= 0.3 is 8.60 Å². The van der Waals surface area contributed by atoms with Crippen molar-refractivity contribution in [3.63, 3.8) is 0 Å². The Hall–Kier alpha value is -3.55. The van der Waals surface area contributed by atoms with Crippen LogP contribution in [0, 0.1) is 0 Å². The van der Waals surface area contributed by atoms with E-state index in [0.29, 0.717) is 0 Å². The molecular formula is C35H33O3P. The average molecular weight is 533 g/mol. The van der Waals surface area contributed by atoms with Crippen LogP contribution in [-0.2, 0) is 16.2 Å². The summed E-state index contributed by atoms with van der Waals surface area (Å²) in [5, 5.41) is 0. The maximum absolute atomic E-state index is 6.71. The van der Waals surface area contributed by atoms with Crippen LogP contribution in [0.2, 0.25) is 0 Å². The van der Waals surface area contributed by atoms with Crippen LogP contribution in [0.15, 0.2) is 91.0 Å². The summed E-state index contributed by atoms with van der Waals surface area (Å²) in [6.45, 7) is 9.47. The number of rotatable bonds is 4. The lowest BCUT2D eigenvalue weighted by Crippen LogP contribution is -2.28. The summed E-state index contributed by atoms with van der Waals surface area (Å²) in [5.41, 5.74) is 7.44. The highest BCUT2D eigenvalue weighted by molar-refractivity contribution is 7.43. The summed E-state index contributed by atoms with van der Waals surface area (Å²) in [7, 11) is -1.75. The summed E-state index contributed by atoms with van der Waals surface area (Å²) in [5.74, 6) is 2.52. The largest absolute Gasteiger partial charge is 0.530 e. The second-order valence-corrected chi connectivity index (χ2v) is 13.3. The van der Waals surface area contributed by atoms with Gasteiger partial charge in [-0.3, -0.25) is 0 Å². The van der Waals surface area contributed by atoms with Gasteiger partial charge in [0, 0.05) is 22.1 Å². The van der Waals surface area contributed by atoms with E-state index >= 15 is 0 Å². The quantitative estimate of drug-likeness (QED) is 0.193. The monoisotopic (exact) mass is 532 g/mol. The second kappa shape index (κ2) is 8.73. The van der Waals surface area contributed by atoms with Gasteiger partial charge in [0.05, 0.1) is 0 Å². The van der Waals surface area contributed by atoms with Crippen molar-refractivity contribution in [3.05, 3.63) is 124 Å². The van der Waals surface area contributed by atoms with Crippen LogP contribution in [0.25, 0.3) is 12.2 Å². The molecule has 2 aliphatic carbocycles. The predicted octanol–water partition coefficient (Wildman–Crippen LogP) is 9.58. The SMILES string of the molecule is CC1(C)CC23CC(C)(C)c4cccc(c42)OP(Oc2ccccc2/C=C/c2ccccc2)Oc2cccc1c23. The van der Waals surface area contributed by atoms with E-state index in [1.807, 2.05) is 36.4 Å². The Morgan fingerprint density at radius 2 is 1.21 bits per heavy atom. The fraction of sp³-hybridized carbons (Fsp3) is 0.257. The zero-order chi connectivity index (χ0) is 26.8. The molecule has 0 amide bonds. The highest BCUT2D eigenvalue weighted by Crippen LogP contribution is 2.68. The fourth-order valence-corrected chi connectivity index (χ4v) is 8.38. The molecule has 0 saturated heterocycles. The topological polar surface area (TPSA) is 27.7 Å². The van der Waals surface area contributed by atoms with E-state index in [0.717, 1.165) is 41.2 Å². The van der Waals surface area contributed by atoms with Crippen LogP contribution in [0.4, 0.5) is 0 Å². The van der Waals surface area contributed by atoms with Crippen LogP contribution < -0.4 is 13.6 Å². The Labute approximate surface area is 232 Å². The normalized spacial score (nSPS) is 19.4. The summed E-state index contributed by atoms with van der Waals surface area (Å²) < 4.78 is 20.0. The molecule has 0 unspecified atom stereocenters. The molecule has 1 heterocycles. The van der Waals surface area contributed by atoms with Gasteiger partial charge in [-0.15, -0.1) is 0 Å². The minimum atomic E-state index is -1.75. The minimum absolute atomic E-state index is 0.0300. The second-order valence-electron chi connectivity index (χ2n) is 12.3. The molecule has 39 heavy (non-hydrogen) atoms. The van der Waals surface area contributed by atoms with Gasteiger partial charge in [-0.1, -0.05) is 113 Å². The summed E-state index contributed by atoms with van der Waals surface area (Å²) >= 11 is 0. The molecule has 0 radical (unpaired) electrons. The standard InChI is InChI=1S/C35H33O3P/c1-33(2)22-35-23-34(3,4)27-16-11-19-30(32(27)35)38-39(37-29-18-10-15-26(33)31(29)35)36-28-17-9-8-14-25(28)21-20-24-12-6-5-7-13-24/h5-21H,22-23H2,1-4H3/b21-20+. The first kappa shape index (κ1) is 24.5. The molecular weight excluding hydrogens is 499 g/mol. The van der Waals surface area contributed by atoms with Gasteiger partial charge < -0.3 is 13.6 Å². The molecule has 7 rings (SSSR count). The van der Waals surface area contributed by atoms with Crippen LogP contribution >= 0.6 is 8.60 Å². The zero-order valence-corrected chi connectivity index (χ0v) is 23.8. The van der Waals surface area contributed by atoms with E-state index in [9.17, 15) is 0 Å². The van der Waals surface area contributed by atoms with Crippen molar-refractivity contribution in [3.8, 4) is 17.2 Å². The third-order valence-corrected chi connectivity index (χ3v) is 9.69. The molecule has 4 heteroatoms. The van der Waals surface area contributed by atoms with E-state index in [-0.39, 0.29) is 16.2 Å². The van der Waals surface area contributed by atoms with Crippen LogP contribution in [0.1, 0.15) is 73.9 Å². The first-order chi connectivity index (χ1) is 18.8. The Bertz CT molecular complexity index is 1530. The number of benzene rings is 4. The van der Waals surface area contributed by atoms with Crippen LogP contribution in [0.5, 0.6) is 17.2 Å². The molecule has 4 aromatic rings. The molecule has 1 aliphatic heterocycles. The van der Waals surface area contributed by atoms with Gasteiger partial charge in [0.1, 0.15) is 17.2 Å². The first-order valence-corrected chi connectivity index (χ1v) is 14.8. The first-order valence-electron chi connectivity index (χ1n) is 13.7. The van der Waals surface area contributed by atoms with Crippen molar-refractivity contribution in [2.45, 2.75) is 56.8 Å². The van der Waals surface area contributed by atoms with Gasteiger partial charge in [0.15, 0.2) is 0 Å². The van der Waals surface area contributed by atoms with Gasteiger partial charge in [-0.2, -0.15) is 0 Å². The lowest BCUT2D eigenvalue weighted by molar-refractivity contribution is 0.327. The van der Waals surface area contributed by atoms with E-state index in [2.05, 4.69) is 94.4 Å². The van der Waals surface area contributed by atoms with E-state index in [1.165, 1.54) is 22.3 Å². The van der Waals surface area contributed by atoms with Crippen molar-refractivity contribution < 1.29 is 13.6 Å². The molecule has 0 saturated carbocycles.